The molecule has 0 bridgehead atoms. The maximum Gasteiger partial charge on any atom is 0.159 e. The van der Waals surface area contributed by atoms with Crippen molar-refractivity contribution < 1.29 is 5.11 Å². The standard InChI is InChI=1S/C10H12ClN3O/c1-14-7-4-2-3-6(8(15)5-12)9(7)10(11)13-14/h2-4,8,15H,5,12H2,1H3. The first-order valence-corrected chi connectivity index (χ1v) is 5.02. The molecule has 0 spiro atoms. The molecule has 0 fully saturated rings. The highest BCUT2D eigenvalue weighted by Gasteiger charge is 2.15. The van der Waals surface area contributed by atoms with Crippen molar-refractivity contribution in [3.05, 3.63) is 28.9 Å². The van der Waals surface area contributed by atoms with Gasteiger partial charge in [-0.2, -0.15) is 5.10 Å². The van der Waals surface area contributed by atoms with Crippen LogP contribution in [-0.4, -0.2) is 21.4 Å². The van der Waals surface area contributed by atoms with Gasteiger partial charge < -0.3 is 10.8 Å². The van der Waals surface area contributed by atoms with Gasteiger partial charge in [-0.25, -0.2) is 0 Å². The van der Waals surface area contributed by atoms with E-state index >= 15 is 0 Å². The van der Waals surface area contributed by atoms with Crippen LogP contribution in [0, 0.1) is 0 Å². The number of aromatic nitrogens is 2. The van der Waals surface area contributed by atoms with Crippen LogP contribution in [0.1, 0.15) is 11.7 Å². The molecular weight excluding hydrogens is 214 g/mol. The summed E-state index contributed by atoms with van der Waals surface area (Å²) in [5.41, 5.74) is 7.05. The van der Waals surface area contributed by atoms with Gasteiger partial charge in [-0.1, -0.05) is 23.7 Å². The van der Waals surface area contributed by atoms with Crippen molar-refractivity contribution in [3.63, 3.8) is 0 Å². The highest BCUT2D eigenvalue weighted by atomic mass is 35.5. The second kappa shape index (κ2) is 3.81. The van der Waals surface area contributed by atoms with Gasteiger partial charge in [0.05, 0.1) is 11.6 Å². The molecule has 0 radical (unpaired) electrons. The summed E-state index contributed by atoms with van der Waals surface area (Å²) in [6, 6.07) is 5.57. The zero-order valence-corrected chi connectivity index (χ0v) is 9.07. The minimum Gasteiger partial charge on any atom is -0.387 e. The normalized spacial score (nSPS) is 13.3. The summed E-state index contributed by atoms with van der Waals surface area (Å²) >= 11 is 6.00. The molecule has 2 rings (SSSR count). The lowest BCUT2D eigenvalue weighted by Gasteiger charge is -2.09. The van der Waals surface area contributed by atoms with E-state index in [1.807, 2.05) is 25.2 Å². The number of hydrogen-bond acceptors (Lipinski definition) is 3. The van der Waals surface area contributed by atoms with E-state index in [1.165, 1.54) is 0 Å². The molecule has 4 nitrogen and oxygen atoms in total. The highest BCUT2D eigenvalue weighted by Crippen LogP contribution is 2.29. The SMILES string of the molecule is Cn1nc(Cl)c2c(C(O)CN)cccc21. The fraction of sp³-hybridized carbons (Fsp3) is 0.300. The van der Waals surface area contributed by atoms with Gasteiger partial charge >= 0.3 is 0 Å². The average molecular weight is 226 g/mol. The molecule has 15 heavy (non-hydrogen) atoms. The molecule has 0 aliphatic heterocycles. The molecule has 1 heterocycles. The molecule has 80 valence electrons. The monoisotopic (exact) mass is 225 g/mol. The molecule has 1 atom stereocenters. The molecule has 1 aromatic heterocycles. The second-order valence-corrected chi connectivity index (χ2v) is 3.77. The molecular formula is C10H12ClN3O. The largest absolute Gasteiger partial charge is 0.387 e. The molecule has 0 amide bonds. The quantitative estimate of drug-likeness (QED) is 0.808. The third kappa shape index (κ3) is 1.61. The van der Waals surface area contributed by atoms with Gasteiger partial charge in [-0.05, 0) is 11.6 Å². The van der Waals surface area contributed by atoms with Gasteiger partial charge in [-0.15, -0.1) is 0 Å². The predicted octanol–water partition coefficient (Wildman–Crippen LogP) is 1.22. The zero-order chi connectivity index (χ0) is 11.0. The van der Waals surface area contributed by atoms with Crippen molar-refractivity contribution in [3.8, 4) is 0 Å². The fourth-order valence-corrected chi connectivity index (χ4v) is 2.01. The van der Waals surface area contributed by atoms with Gasteiger partial charge in [0, 0.05) is 19.0 Å². The van der Waals surface area contributed by atoms with Crippen LogP contribution in [0.5, 0.6) is 0 Å². The summed E-state index contributed by atoms with van der Waals surface area (Å²) in [4.78, 5) is 0. The molecule has 1 aromatic carbocycles. The van der Waals surface area contributed by atoms with E-state index in [1.54, 1.807) is 4.68 Å². The Hall–Kier alpha value is -1.10. The molecule has 0 aliphatic rings. The van der Waals surface area contributed by atoms with E-state index in [9.17, 15) is 5.11 Å². The number of rotatable bonds is 2. The topological polar surface area (TPSA) is 64.1 Å². The Morgan fingerprint density at radius 1 is 1.60 bits per heavy atom. The summed E-state index contributed by atoms with van der Waals surface area (Å²) in [5.74, 6) is 0. The van der Waals surface area contributed by atoms with Crippen LogP contribution in [0.25, 0.3) is 10.9 Å². The number of aliphatic hydroxyl groups is 1. The first kappa shape index (κ1) is 10.4. The van der Waals surface area contributed by atoms with Crippen LogP contribution in [-0.2, 0) is 7.05 Å². The van der Waals surface area contributed by atoms with Crippen molar-refractivity contribution in [1.29, 1.82) is 0 Å². The van der Waals surface area contributed by atoms with Crippen molar-refractivity contribution in [2.45, 2.75) is 6.10 Å². The average Bonchev–Trinajstić information content (AvgIpc) is 2.54. The van der Waals surface area contributed by atoms with Crippen LogP contribution in [0.3, 0.4) is 0 Å². The van der Waals surface area contributed by atoms with Gasteiger partial charge in [0.2, 0.25) is 0 Å². The first-order valence-electron chi connectivity index (χ1n) is 4.64. The van der Waals surface area contributed by atoms with E-state index in [4.69, 9.17) is 17.3 Å². The minimum atomic E-state index is -0.699. The molecule has 0 saturated carbocycles. The Morgan fingerprint density at radius 2 is 2.33 bits per heavy atom. The lowest BCUT2D eigenvalue weighted by molar-refractivity contribution is 0.188. The summed E-state index contributed by atoms with van der Waals surface area (Å²) in [5, 5.41) is 15.0. The minimum absolute atomic E-state index is 0.171. The molecule has 0 aliphatic carbocycles. The van der Waals surface area contributed by atoms with Gasteiger partial charge in [0.25, 0.3) is 0 Å². The Balaban J connectivity index is 2.75. The number of benzene rings is 1. The lowest BCUT2D eigenvalue weighted by Crippen LogP contribution is -2.11. The fourth-order valence-electron chi connectivity index (χ4n) is 1.69. The third-order valence-corrected chi connectivity index (χ3v) is 2.71. The number of nitrogens with two attached hydrogens (primary N) is 1. The lowest BCUT2D eigenvalue weighted by atomic mass is 10.1. The van der Waals surface area contributed by atoms with E-state index in [-0.39, 0.29) is 6.54 Å². The Morgan fingerprint density at radius 3 is 3.00 bits per heavy atom. The molecule has 0 saturated heterocycles. The molecule has 5 heteroatoms. The van der Waals surface area contributed by atoms with E-state index in [0.29, 0.717) is 5.15 Å². The number of fused-ring (bicyclic) bond motifs is 1. The first-order chi connectivity index (χ1) is 7.15. The van der Waals surface area contributed by atoms with E-state index < -0.39 is 6.10 Å². The molecule has 1 unspecified atom stereocenters. The van der Waals surface area contributed by atoms with E-state index in [2.05, 4.69) is 5.10 Å². The molecule has 2 aromatic rings. The van der Waals surface area contributed by atoms with Gasteiger partial charge in [-0.3, -0.25) is 4.68 Å². The summed E-state index contributed by atoms with van der Waals surface area (Å²) < 4.78 is 1.68. The Bertz CT molecular complexity index is 495. The summed E-state index contributed by atoms with van der Waals surface area (Å²) in [6.45, 7) is 0.171. The maximum absolute atomic E-state index is 9.74. The number of aliphatic hydroxyl groups excluding tert-OH is 1. The second-order valence-electron chi connectivity index (χ2n) is 3.41. The Labute approximate surface area is 92.3 Å². The highest BCUT2D eigenvalue weighted by molar-refractivity contribution is 6.34. The van der Waals surface area contributed by atoms with Crippen molar-refractivity contribution in [1.82, 2.24) is 9.78 Å². The van der Waals surface area contributed by atoms with Crippen LogP contribution < -0.4 is 5.73 Å². The van der Waals surface area contributed by atoms with Crippen molar-refractivity contribution in [2.75, 3.05) is 6.54 Å². The summed E-state index contributed by atoms with van der Waals surface area (Å²) in [7, 11) is 1.81. The number of hydrogen-bond donors (Lipinski definition) is 2. The van der Waals surface area contributed by atoms with Crippen LogP contribution >= 0.6 is 11.6 Å². The Kier molecular flexibility index (Phi) is 2.65. The van der Waals surface area contributed by atoms with Crippen LogP contribution in [0.4, 0.5) is 0 Å². The number of nitrogens with zero attached hydrogens (tertiary/aromatic N) is 2. The van der Waals surface area contributed by atoms with Gasteiger partial charge in [0.1, 0.15) is 0 Å². The van der Waals surface area contributed by atoms with Crippen LogP contribution in [0.15, 0.2) is 18.2 Å². The van der Waals surface area contributed by atoms with Crippen molar-refractivity contribution >= 4 is 22.5 Å². The maximum atomic E-state index is 9.74. The van der Waals surface area contributed by atoms with E-state index in [0.717, 1.165) is 16.5 Å². The van der Waals surface area contributed by atoms with Crippen molar-refractivity contribution in [2.24, 2.45) is 12.8 Å². The van der Waals surface area contributed by atoms with Crippen LogP contribution in [0.2, 0.25) is 5.15 Å². The molecule has 3 N–H and O–H groups in total. The summed E-state index contributed by atoms with van der Waals surface area (Å²) in [6.07, 6.45) is -0.699. The smallest absolute Gasteiger partial charge is 0.159 e. The zero-order valence-electron chi connectivity index (χ0n) is 8.31. The number of halogens is 1. The number of aryl methyl sites for hydroxylation is 1. The predicted molar refractivity (Wildman–Crippen MR) is 59.7 cm³/mol. The third-order valence-electron chi connectivity index (χ3n) is 2.45. The van der Waals surface area contributed by atoms with Gasteiger partial charge in [0.15, 0.2) is 5.15 Å².